The van der Waals surface area contributed by atoms with Crippen molar-refractivity contribution in [3.05, 3.63) is 67.6 Å². The van der Waals surface area contributed by atoms with Crippen molar-refractivity contribution in [1.29, 1.82) is 0 Å². The first-order chi connectivity index (χ1) is 12.3. The molecule has 0 unspecified atom stereocenters. The third kappa shape index (κ3) is 3.35. The Morgan fingerprint density at radius 1 is 1.08 bits per heavy atom. The first kappa shape index (κ1) is 14.9. The van der Waals surface area contributed by atoms with E-state index in [4.69, 9.17) is 0 Å². The molecule has 1 amide bonds. The second-order valence-corrected chi connectivity index (χ2v) is 5.49. The molecule has 0 radical (unpaired) electrons. The highest BCUT2D eigenvalue weighted by molar-refractivity contribution is 5.90. The van der Waals surface area contributed by atoms with Crippen molar-refractivity contribution in [1.82, 2.24) is 24.5 Å². The van der Waals surface area contributed by atoms with Crippen LogP contribution in [0.25, 0.3) is 22.0 Å². The van der Waals surface area contributed by atoms with Crippen molar-refractivity contribution >= 4 is 22.8 Å². The zero-order valence-corrected chi connectivity index (χ0v) is 13.2. The van der Waals surface area contributed by atoms with Gasteiger partial charge in [-0.25, -0.2) is 15.0 Å². The predicted octanol–water partition coefficient (Wildman–Crippen LogP) is 2.53. The Balaban J connectivity index is 1.59. The van der Waals surface area contributed by atoms with Crippen LogP contribution in [0.15, 0.2) is 67.6 Å². The van der Waals surface area contributed by atoms with Crippen molar-refractivity contribution < 1.29 is 4.79 Å². The Morgan fingerprint density at radius 2 is 2.04 bits per heavy atom. The van der Waals surface area contributed by atoms with E-state index >= 15 is 0 Å². The number of hydrogen-bond acceptors (Lipinski definition) is 5. The quantitative estimate of drug-likeness (QED) is 0.621. The van der Waals surface area contributed by atoms with Crippen molar-refractivity contribution in [3.63, 3.8) is 0 Å². The molecule has 3 aromatic heterocycles. The zero-order valence-electron chi connectivity index (χ0n) is 13.2. The number of benzene rings is 1. The number of fused-ring (bicyclic) bond motifs is 1. The number of nitrogens with zero attached hydrogens (tertiary/aromatic N) is 5. The molecule has 122 valence electrons. The summed E-state index contributed by atoms with van der Waals surface area (Å²) in [5, 5.41) is 3.61. The number of rotatable bonds is 4. The second kappa shape index (κ2) is 6.48. The van der Waals surface area contributed by atoms with E-state index in [0.29, 0.717) is 0 Å². The van der Waals surface area contributed by atoms with Gasteiger partial charge in [0.15, 0.2) is 0 Å². The molecule has 0 aliphatic carbocycles. The first-order valence-electron chi connectivity index (χ1n) is 7.71. The number of nitrogens with one attached hydrogen (secondary N) is 1. The monoisotopic (exact) mass is 330 g/mol. The standard InChI is InChI=1S/C18H14N6O/c25-17(11-24-7-6-20-12-24)23-18-21-10-15-4-3-13(8-16(15)22-18)14-2-1-5-19-9-14/h1-10,12H,11H2,(H,21,22,23,25). The van der Waals surface area contributed by atoms with Crippen molar-refractivity contribution in [2.24, 2.45) is 0 Å². The third-order valence-electron chi connectivity index (χ3n) is 3.71. The van der Waals surface area contributed by atoms with Crippen molar-refractivity contribution in [2.45, 2.75) is 6.54 Å². The molecule has 0 aliphatic rings. The molecule has 1 N–H and O–H groups in total. The molecule has 4 aromatic rings. The molecule has 3 heterocycles. The summed E-state index contributed by atoms with van der Waals surface area (Å²) in [6, 6.07) is 9.79. The molecule has 0 saturated carbocycles. The van der Waals surface area contributed by atoms with Crippen molar-refractivity contribution in [2.75, 3.05) is 5.32 Å². The van der Waals surface area contributed by atoms with Gasteiger partial charge in [0, 0.05) is 41.9 Å². The van der Waals surface area contributed by atoms with Gasteiger partial charge in [-0.15, -0.1) is 0 Å². The second-order valence-electron chi connectivity index (χ2n) is 5.49. The van der Waals surface area contributed by atoms with Gasteiger partial charge >= 0.3 is 0 Å². The number of anilines is 1. The number of imidazole rings is 1. The van der Waals surface area contributed by atoms with E-state index in [1.807, 2.05) is 30.3 Å². The fourth-order valence-corrected chi connectivity index (χ4v) is 2.51. The fourth-order valence-electron chi connectivity index (χ4n) is 2.51. The van der Waals surface area contributed by atoms with Gasteiger partial charge in [0.25, 0.3) is 0 Å². The zero-order chi connectivity index (χ0) is 17.1. The minimum absolute atomic E-state index is 0.164. The average molecular weight is 330 g/mol. The number of amides is 1. The van der Waals surface area contributed by atoms with Crippen LogP contribution in [-0.4, -0.2) is 30.4 Å². The van der Waals surface area contributed by atoms with Crippen LogP contribution in [-0.2, 0) is 11.3 Å². The summed E-state index contributed by atoms with van der Waals surface area (Å²) in [5.74, 6) is 0.0710. The van der Waals surface area contributed by atoms with E-state index in [0.717, 1.165) is 22.0 Å². The molecule has 7 heteroatoms. The van der Waals surface area contributed by atoms with Gasteiger partial charge in [0.1, 0.15) is 6.54 Å². The third-order valence-corrected chi connectivity index (χ3v) is 3.71. The largest absolute Gasteiger partial charge is 0.328 e. The van der Waals surface area contributed by atoms with Crippen LogP contribution >= 0.6 is 0 Å². The minimum atomic E-state index is -0.208. The molecule has 4 rings (SSSR count). The lowest BCUT2D eigenvalue weighted by molar-refractivity contribution is -0.116. The van der Waals surface area contributed by atoms with E-state index in [-0.39, 0.29) is 18.4 Å². The summed E-state index contributed by atoms with van der Waals surface area (Å²) in [6.07, 6.45) is 10.2. The van der Waals surface area contributed by atoms with Crippen LogP contribution in [0.2, 0.25) is 0 Å². The summed E-state index contributed by atoms with van der Waals surface area (Å²) in [4.78, 5) is 28.7. The molecule has 25 heavy (non-hydrogen) atoms. The summed E-state index contributed by atoms with van der Waals surface area (Å²) in [6.45, 7) is 0.164. The summed E-state index contributed by atoms with van der Waals surface area (Å²) in [7, 11) is 0. The Labute approximate surface area is 143 Å². The van der Waals surface area contributed by atoms with Crippen molar-refractivity contribution in [3.8, 4) is 11.1 Å². The maximum Gasteiger partial charge on any atom is 0.246 e. The molecule has 0 bridgehead atoms. The topological polar surface area (TPSA) is 85.6 Å². The minimum Gasteiger partial charge on any atom is -0.328 e. The van der Waals surface area contributed by atoms with Crippen LogP contribution < -0.4 is 5.32 Å². The van der Waals surface area contributed by atoms with Gasteiger partial charge < -0.3 is 4.57 Å². The van der Waals surface area contributed by atoms with E-state index in [2.05, 4.69) is 25.3 Å². The summed E-state index contributed by atoms with van der Waals surface area (Å²) >= 11 is 0. The SMILES string of the molecule is O=C(Cn1ccnc1)Nc1ncc2ccc(-c3cccnc3)cc2n1. The number of pyridine rings is 1. The van der Waals surface area contributed by atoms with E-state index < -0.39 is 0 Å². The van der Waals surface area contributed by atoms with Crippen LogP contribution in [0.4, 0.5) is 5.95 Å². The van der Waals surface area contributed by atoms with Crippen LogP contribution in [0.5, 0.6) is 0 Å². The Morgan fingerprint density at radius 3 is 2.84 bits per heavy atom. The highest BCUT2D eigenvalue weighted by Crippen LogP contribution is 2.23. The molecular weight excluding hydrogens is 316 g/mol. The molecular formula is C18H14N6O. The lowest BCUT2D eigenvalue weighted by Gasteiger charge is -2.07. The van der Waals surface area contributed by atoms with Gasteiger partial charge in [-0.3, -0.25) is 15.1 Å². The van der Waals surface area contributed by atoms with Gasteiger partial charge in [-0.2, -0.15) is 0 Å². The number of carbonyl (C=O) groups is 1. The predicted molar refractivity (Wildman–Crippen MR) is 93.6 cm³/mol. The molecule has 1 aromatic carbocycles. The Bertz CT molecular complexity index is 1010. The lowest BCUT2D eigenvalue weighted by Crippen LogP contribution is -2.19. The average Bonchev–Trinajstić information content (AvgIpc) is 3.14. The van der Waals surface area contributed by atoms with E-state index in [1.165, 1.54) is 0 Å². The summed E-state index contributed by atoms with van der Waals surface area (Å²) < 4.78 is 1.68. The summed E-state index contributed by atoms with van der Waals surface area (Å²) in [5.41, 5.74) is 2.78. The molecule has 0 fully saturated rings. The molecule has 0 atom stereocenters. The maximum atomic E-state index is 12.1. The maximum absolute atomic E-state index is 12.1. The highest BCUT2D eigenvalue weighted by Gasteiger charge is 2.07. The van der Waals surface area contributed by atoms with Gasteiger partial charge in [-0.1, -0.05) is 18.2 Å². The molecule has 0 aliphatic heterocycles. The number of carbonyl (C=O) groups excluding carboxylic acids is 1. The van der Waals surface area contributed by atoms with Crippen LogP contribution in [0.3, 0.4) is 0 Å². The van der Waals surface area contributed by atoms with Gasteiger partial charge in [0.05, 0.1) is 11.8 Å². The van der Waals surface area contributed by atoms with E-state index in [9.17, 15) is 4.79 Å². The normalized spacial score (nSPS) is 10.7. The van der Waals surface area contributed by atoms with Crippen LogP contribution in [0.1, 0.15) is 0 Å². The Hall–Kier alpha value is -3.61. The highest BCUT2D eigenvalue weighted by atomic mass is 16.2. The number of aromatic nitrogens is 5. The van der Waals surface area contributed by atoms with E-state index in [1.54, 1.807) is 41.9 Å². The Kier molecular flexibility index (Phi) is 3.88. The molecule has 0 spiro atoms. The first-order valence-corrected chi connectivity index (χ1v) is 7.71. The van der Waals surface area contributed by atoms with Gasteiger partial charge in [-0.05, 0) is 17.7 Å². The molecule has 7 nitrogen and oxygen atoms in total. The smallest absolute Gasteiger partial charge is 0.246 e. The fraction of sp³-hybridized carbons (Fsp3) is 0.0556. The lowest BCUT2D eigenvalue weighted by atomic mass is 10.1. The van der Waals surface area contributed by atoms with Gasteiger partial charge in [0.2, 0.25) is 11.9 Å². The van der Waals surface area contributed by atoms with Crippen LogP contribution in [0, 0.1) is 0 Å². The number of hydrogen-bond donors (Lipinski definition) is 1. The molecule has 0 saturated heterocycles.